The molecule has 0 amide bonds. The number of aromatic nitrogens is 2. The van der Waals surface area contributed by atoms with Crippen molar-refractivity contribution in [3.63, 3.8) is 0 Å². The van der Waals surface area contributed by atoms with Gasteiger partial charge in [0, 0.05) is 28.2 Å². The normalized spacial score (nSPS) is 12.4. The molecule has 0 spiro atoms. The van der Waals surface area contributed by atoms with E-state index in [1.165, 1.54) is 6.33 Å². The molecule has 1 N–H and O–H groups in total. The zero-order chi connectivity index (χ0) is 16.4. The first-order valence-corrected chi connectivity index (χ1v) is 9.02. The fraction of sp³-hybridized carbons (Fsp3) is 0.333. The third-order valence-corrected chi connectivity index (χ3v) is 5.02. The number of nitrogens with one attached hydrogen (secondary N) is 1. The van der Waals surface area contributed by atoms with Crippen LogP contribution in [0.1, 0.15) is 32.0 Å². The molecule has 0 bridgehead atoms. The molecular formula is C15H18BrN3O2S. The van der Waals surface area contributed by atoms with Crippen LogP contribution in [0.2, 0.25) is 0 Å². The minimum Gasteiger partial charge on any atom is -0.244 e. The van der Waals surface area contributed by atoms with E-state index in [1.54, 1.807) is 30.5 Å². The van der Waals surface area contributed by atoms with Crippen LogP contribution in [0.4, 0.5) is 0 Å². The third kappa shape index (κ3) is 4.12. The molecule has 0 unspecified atom stereocenters. The van der Waals surface area contributed by atoms with E-state index in [2.05, 4.69) is 30.6 Å². The second-order valence-electron chi connectivity index (χ2n) is 5.93. The maximum Gasteiger partial charge on any atom is 0.240 e. The lowest BCUT2D eigenvalue weighted by Gasteiger charge is -2.21. The zero-order valence-electron chi connectivity index (χ0n) is 12.7. The van der Waals surface area contributed by atoms with E-state index < -0.39 is 10.0 Å². The van der Waals surface area contributed by atoms with E-state index in [9.17, 15) is 8.42 Å². The highest BCUT2D eigenvalue weighted by atomic mass is 79.9. The Bertz CT molecular complexity index is 753. The zero-order valence-corrected chi connectivity index (χ0v) is 15.1. The van der Waals surface area contributed by atoms with Gasteiger partial charge in [-0.05, 0) is 24.3 Å². The molecule has 1 aromatic carbocycles. The number of hydrogen-bond donors (Lipinski definition) is 1. The minimum atomic E-state index is -3.56. The van der Waals surface area contributed by atoms with E-state index in [0.717, 1.165) is 15.7 Å². The lowest BCUT2D eigenvalue weighted by Crippen LogP contribution is -2.26. The number of halogens is 1. The van der Waals surface area contributed by atoms with Crippen LogP contribution in [-0.4, -0.2) is 18.4 Å². The average molecular weight is 384 g/mol. The second-order valence-corrected chi connectivity index (χ2v) is 8.61. The third-order valence-electron chi connectivity index (χ3n) is 3.08. The van der Waals surface area contributed by atoms with Crippen LogP contribution in [0.5, 0.6) is 0 Å². The highest BCUT2D eigenvalue weighted by Crippen LogP contribution is 2.23. The molecule has 118 valence electrons. The van der Waals surface area contributed by atoms with Gasteiger partial charge in [-0.2, -0.15) is 0 Å². The van der Waals surface area contributed by atoms with E-state index in [1.807, 2.05) is 20.8 Å². The summed E-state index contributed by atoms with van der Waals surface area (Å²) in [6.07, 6.45) is 3.13. The van der Waals surface area contributed by atoms with Gasteiger partial charge in [-0.25, -0.2) is 23.1 Å². The topological polar surface area (TPSA) is 72.0 Å². The summed E-state index contributed by atoms with van der Waals surface area (Å²) in [5.74, 6) is 0. The van der Waals surface area contributed by atoms with Crippen LogP contribution < -0.4 is 4.72 Å². The van der Waals surface area contributed by atoms with Crippen LogP contribution in [0, 0.1) is 0 Å². The predicted octanol–water partition coefficient (Wildman–Crippen LogP) is 3.02. The van der Waals surface area contributed by atoms with Crippen molar-refractivity contribution in [1.29, 1.82) is 0 Å². The molecule has 2 aromatic rings. The molecule has 0 saturated carbocycles. The summed E-state index contributed by atoms with van der Waals surface area (Å²) in [6, 6.07) is 6.50. The van der Waals surface area contributed by atoms with E-state index in [-0.39, 0.29) is 16.9 Å². The summed E-state index contributed by atoms with van der Waals surface area (Å²) >= 11 is 3.29. The van der Waals surface area contributed by atoms with Crippen molar-refractivity contribution in [2.45, 2.75) is 37.6 Å². The number of hydrogen-bond acceptors (Lipinski definition) is 4. The molecule has 0 atom stereocenters. The van der Waals surface area contributed by atoms with Gasteiger partial charge in [0.05, 0.1) is 10.6 Å². The van der Waals surface area contributed by atoms with Gasteiger partial charge in [0.2, 0.25) is 10.0 Å². The fourth-order valence-electron chi connectivity index (χ4n) is 2.03. The van der Waals surface area contributed by atoms with Crippen LogP contribution in [-0.2, 0) is 22.0 Å². The number of rotatable bonds is 4. The van der Waals surface area contributed by atoms with Crippen molar-refractivity contribution in [3.05, 3.63) is 52.5 Å². The van der Waals surface area contributed by atoms with E-state index >= 15 is 0 Å². The molecule has 1 aromatic heterocycles. The quantitative estimate of drug-likeness (QED) is 0.880. The molecule has 0 aliphatic heterocycles. The van der Waals surface area contributed by atoms with Gasteiger partial charge >= 0.3 is 0 Å². The molecule has 0 aliphatic rings. The maximum absolute atomic E-state index is 12.3. The monoisotopic (exact) mass is 383 g/mol. The molecule has 5 nitrogen and oxygen atoms in total. The molecule has 0 saturated heterocycles. The Morgan fingerprint density at radius 3 is 2.41 bits per heavy atom. The van der Waals surface area contributed by atoms with Gasteiger partial charge in [0.1, 0.15) is 6.33 Å². The first kappa shape index (κ1) is 17.1. The van der Waals surface area contributed by atoms with Crippen LogP contribution >= 0.6 is 15.9 Å². The first-order chi connectivity index (χ1) is 10.2. The van der Waals surface area contributed by atoms with Gasteiger partial charge in [0.25, 0.3) is 0 Å². The standard InChI is InChI=1S/C15H18BrN3O2S/c1-15(2,3)14-11(8-17-10-18-14)9-19-22(20,21)13-6-4-12(16)5-7-13/h4-8,10,19H,9H2,1-3H3. The minimum absolute atomic E-state index is 0.159. The molecular weight excluding hydrogens is 366 g/mol. The molecule has 0 aliphatic carbocycles. The average Bonchev–Trinajstić information content (AvgIpc) is 2.45. The van der Waals surface area contributed by atoms with Crippen molar-refractivity contribution in [1.82, 2.24) is 14.7 Å². The smallest absolute Gasteiger partial charge is 0.240 e. The van der Waals surface area contributed by atoms with Crippen LogP contribution in [0.3, 0.4) is 0 Å². The number of benzene rings is 1. The van der Waals surface area contributed by atoms with Crippen molar-refractivity contribution in [2.75, 3.05) is 0 Å². The molecule has 1 heterocycles. The van der Waals surface area contributed by atoms with Gasteiger partial charge in [-0.1, -0.05) is 36.7 Å². The summed E-state index contributed by atoms with van der Waals surface area (Å²) < 4.78 is 28.1. The fourth-order valence-corrected chi connectivity index (χ4v) is 3.30. The molecule has 0 fully saturated rings. The van der Waals surface area contributed by atoms with Gasteiger partial charge in [-0.3, -0.25) is 0 Å². The summed E-state index contributed by atoms with van der Waals surface area (Å²) in [5.41, 5.74) is 1.43. The van der Waals surface area contributed by atoms with E-state index in [4.69, 9.17) is 0 Å². The highest BCUT2D eigenvalue weighted by Gasteiger charge is 2.21. The lowest BCUT2D eigenvalue weighted by atomic mass is 9.89. The second kappa shape index (κ2) is 6.44. The van der Waals surface area contributed by atoms with Crippen LogP contribution in [0.15, 0.2) is 46.2 Å². The van der Waals surface area contributed by atoms with Crippen molar-refractivity contribution in [3.8, 4) is 0 Å². The number of sulfonamides is 1. The van der Waals surface area contributed by atoms with Gasteiger partial charge in [-0.15, -0.1) is 0 Å². The Morgan fingerprint density at radius 1 is 1.18 bits per heavy atom. The van der Waals surface area contributed by atoms with Gasteiger partial charge in [0.15, 0.2) is 0 Å². The SMILES string of the molecule is CC(C)(C)c1ncncc1CNS(=O)(=O)c1ccc(Br)cc1. The predicted molar refractivity (Wildman–Crippen MR) is 88.9 cm³/mol. The summed E-state index contributed by atoms with van der Waals surface area (Å²) in [4.78, 5) is 8.50. The molecule has 7 heteroatoms. The molecule has 22 heavy (non-hydrogen) atoms. The maximum atomic E-state index is 12.3. The summed E-state index contributed by atoms with van der Waals surface area (Å²) in [7, 11) is -3.56. The Balaban J connectivity index is 2.22. The Labute approximate surface area is 139 Å². The number of nitrogens with zero attached hydrogens (tertiary/aromatic N) is 2. The lowest BCUT2D eigenvalue weighted by molar-refractivity contribution is 0.551. The van der Waals surface area contributed by atoms with Crippen LogP contribution in [0.25, 0.3) is 0 Å². The van der Waals surface area contributed by atoms with Gasteiger partial charge < -0.3 is 0 Å². The Morgan fingerprint density at radius 2 is 1.82 bits per heavy atom. The summed E-state index contributed by atoms with van der Waals surface area (Å²) in [6.45, 7) is 6.25. The van der Waals surface area contributed by atoms with Crippen molar-refractivity contribution < 1.29 is 8.42 Å². The molecule has 2 rings (SSSR count). The highest BCUT2D eigenvalue weighted by molar-refractivity contribution is 9.10. The Kier molecular flexibility index (Phi) is 4.99. The van der Waals surface area contributed by atoms with Crippen molar-refractivity contribution >= 4 is 26.0 Å². The largest absolute Gasteiger partial charge is 0.244 e. The molecule has 0 radical (unpaired) electrons. The summed E-state index contributed by atoms with van der Waals surface area (Å²) in [5, 5.41) is 0. The Hall–Kier alpha value is -1.31. The first-order valence-electron chi connectivity index (χ1n) is 6.75. The van der Waals surface area contributed by atoms with E-state index in [0.29, 0.717) is 0 Å². The van der Waals surface area contributed by atoms with Crippen molar-refractivity contribution in [2.24, 2.45) is 0 Å².